The number of amides is 1. The average molecular weight is 335 g/mol. The van der Waals surface area contributed by atoms with E-state index in [4.69, 9.17) is 5.26 Å². The van der Waals surface area contributed by atoms with Gasteiger partial charge in [0, 0.05) is 28.0 Å². The van der Waals surface area contributed by atoms with Crippen LogP contribution in [-0.4, -0.2) is 10.5 Å². The van der Waals surface area contributed by atoms with E-state index >= 15 is 0 Å². The van der Waals surface area contributed by atoms with Crippen molar-refractivity contribution >= 4 is 34.3 Å². The minimum absolute atomic E-state index is 0.119. The van der Waals surface area contributed by atoms with Gasteiger partial charge in [-0.2, -0.15) is 5.26 Å². The summed E-state index contributed by atoms with van der Waals surface area (Å²) >= 11 is 1.10. The first kappa shape index (κ1) is 16.2. The summed E-state index contributed by atoms with van der Waals surface area (Å²) in [4.78, 5) is 13.7. The minimum atomic E-state index is -0.119. The summed E-state index contributed by atoms with van der Waals surface area (Å²) in [5, 5.41) is 14.8. The summed E-state index contributed by atoms with van der Waals surface area (Å²) in [6, 6.07) is 15.3. The Kier molecular flexibility index (Phi) is 4.59. The molecule has 1 amide bonds. The number of nitrogens with zero attached hydrogens (tertiary/aromatic N) is 2. The third-order valence-electron chi connectivity index (χ3n) is 4.03. The van der Waals surface area contributed by atoms with Crippen LogP contribution in [0.3, 0.4) is 0 Å². The number of anilines is 1. The molecule has 0 radical (unpaired) electrons. The lowest BCUT2D eigenvalue weighted by Gasteiger charge is -2.10. The quantitative estimate of drug-likeness (QED) is 0.550. The van der Waals surface area contributed by atoms with Crippen molar-refractivity contribution in [2.24, 2.45) is 0 Å². The van der Waals surface area contributed by atoms with E-state index in [0.717, 1.165) is 45.4 Å². The molecule has 0 unspecified atom stereocenters. The van der Waals surface area contributed by atoms with Gasteiger partial charge in [0.15, 0.2) is 0 Å². The fourth-order valence-corrected chi connectivity index (χ4v) is 3.32. The second-order valence-corrected chi connectivity index (χ2v) is 6.26. The highest BCUT2D eigenvalue weighted by molar-refractivity contribution is 8.03. The molecule has 1 heterocycles. The molecule has 0 aliphatic rings. The standard InChI is InChI=1S/C19H17N3OS/c1-3-22-17-7-5-4-6-16(17)13(2)18(22)19(23)21-14-8-10-15(11-9-14)24-12-20/h4-11H,3H2,1-2H3,(H,21,23). The van der Waals surface area contributed by atoms with Crippen LogP contribution in [0.15, 0.2) is 53.4 Å². The van der Waals surface area contributed by atoms with Crippen LogP contribution in [0.1, 0.15) is 23.0 Å². The van der Waals surface area contributed by atoms with Gasteiger partial charge in [-0.05, 0) is 61.5 Å². The molecule has 1 aromatic heterocycles. The molecule has 0 saturated carbocycles. The van der Waals surface area contributed by atoms with Crippen molar-refractivity contribution < 1.29 is 4.79 Å². The summed E-state index contributed by atoms with van der Waals surface area (Å²) in [6.07, 6.45) is 0. The summed E-state index contributed by atoms with van der Waals surface area (Å²) in [6.45, 7) is 4.75. The summed E-state index contributed by atoms with van der Waals surface area (Å²) in [7, 11) is 0. The second kappa shape index (κ2) is 6.81. The van der Waals surface area contributed by atoms with Crippen LogP contribution < -0.4 is 5.32 Å². The van der Waals surface area contributed by atoms with E-state index in [1.165, 1.54) is 0 Å². The smallest absolute Gasteiger partial charge is 0.272 e. The van der Waals surface area contributed by atoms with Crippen molar-refractivity contribution in [2.75, 3.05) is 5.32 Å². The number of thioether (sulfide) groups is 1. The first-order valence-electron chi connectivity index (χ1n) is 7.71. The second-order valence-electron chi connectivity index (χ2n) is 5.41. The number of thiocyanates is 1. The number of carbonyl (C=O) groups excluding carboxylic acids is 1. The van der Waals surface area contributed by atoms with E-state index in [9.17, 15) is 4.79 Å². The van der Waals surface area contributed by atoms with E-state index in [0.29, 0.717) is 5.69 Å². The molecule has 1 N–H and O–H groups in total. The number of nitrogens with one attached hydrogen (secondary N) is 1. The van der Waals surface area contributed by atoms with Gasteiger partial charge in [-0.1, -0.05) is 18.2 Å². The van der Waals surface area contributed by atoms with Gasteiger partial charge in [0.1, 0.15) is 11.1 Å². The van der Waals surface area contributed by atoms with E-state index in [-0.39, 0.29) is 5.91 Å². The van der Waals surface area contributed by atoms with Crippen LogP contribution in [0, 0.1) is 17.6 Å². The number of fused-ring (bicyclic) bond motifs is 1. The molecule has 3 aromatic rings. The monoisotopic (exact) mass is 335 g/mol. The predicted octanol–water partition coefficient (Wildman–Crippen LogP) is 4.80. The number of aryl methyl sites for hydroxylation is 2. The lowest BCUT2D eigenvalue weighted by molar-refractivity contribution is 0.101. The van der Waals surface area contributed by atoms with E-state index in [1.54, 1.807) is 0 Å². The zero-order valence-electron chi connectivity index (χ0n) is 13.5. The molecular formula is C19H17N3OS. The number of nitriles is 1. The molecular weight excluding hydrogens is 318 g/mol. The Labute approximate surface area is 145 Å². The van der Waals surface area contributed by atoms with Gasteiger partial charge in [-0.25, -0.2) is 0 Å². The molecule has 5 heteroatoms. The van der Waals surface area contributed by atoms with Gasteiger partial charge < -0.3 is 9.88 Å². The lowest BCUT2D eigenvalue weighted by atomic mass is 10.1. The van der Waals surface area contributed by atoms with Crippen LogP contribution in [-0.2, 0) is 6.54 Å². The largest absolute Gasteiger partial charge is 0.337 e. The van der Waals surface area contributed by atoms with Gasteiger partial charge >= 0.3 is 0 Å². The summed E-state index contributed by atoms with van der Waals surface area (Å²) < 4.78 is 2.04. The van der Waals surface area contributed by atoms with E-state index < -0.39 is 0 Å². The first-order chi connectivity index (χ1) is 11.7. The summed E-state index contributed by atoms with van der Waals surface area (Å²) in [5.41, 5.74) is 3.47. The fourth-order valence-electron chi connectivity index (χ4n) is 2.95. The van der Waals surface area contributed by atoms with Gasteiger partial charge in [-0.3, -0.25) is 4.79 Å². The number of hydrogen-bond acceptors (Lipinski definition) is 3. The SMILES string of the molecule is CCn1c(C(=O)Nc2ccc(SC#N)cc2)c(C)c2ccccc21. The Morgan fingerprint density at radius 1 is 1.21 bits per heavy atom. The summed E-state index contributed by atoms with van der Waals surface area (Å²) in [5.74, 6) is -0.119. The fraction of sp³-hybridized carbons (Fsp3) is 0.158. The molecule has 120 valence electrons. The van der Waals surface area contributed by atoms with Crippen molar-refractivity contribution in [3.8, 4) is 5.40 Å². The number of benzene rings is 2. The van der Waals surface area contributed by atoms with Crippen LogP contribution in [0.2, 0.25) is 0 Å². The van der Waals surface area contributed by atoms with Gasteiger partial charge in [0.05, 0.1) is 0 Å². The third kappa shape index (κ3) is 2.89. The Morgan fingerprint density at radius 3 is 2.58 bits per heavy atom. The molecule has 24 heavy (non-hydrogen) atoms. The third-order valence-corrected chi connectivity index (χ3v) is 4.63. The number of hydrogen-bond donors (Lipinski definition) is 1. The topological polar surface area (TPSA) is 57.8 Å². The molecule has 0 aliphatic heterocycles. The molecule has 3 rings (SSSR count). The maximum atomic E-state index is 12.8. The highest BCUT2D eigenvalue weighted by Crippen LogP contribution is 2.26. The molecule has 0 fully saturated rings. The maximum absolute atomic E-state index is 12.8. The molecule has 0 saturated heterocycles. The molecule has 2 aromatic carbocycles. The highest BCUT2D eigenvalue weighted by atomic mass is 32.2. The number of aromatic nitrogens is 1. The normalized spacial score (nSPS) is 10.5. The molecule has 0 bridgehead atoms. The van der Waals surface area contributed by atoms with E-state index in [2.05, 4.69) is 5.32 Å². The van der Waals surface area contributed by atoms with Crippen molar-refractivity contribution in [1.29, 1.82) is 5.26 Å². The van der Waals surface area contributed by atoms with Gasteiger partial charge in [0.25, 0.3) is 5.91 Å². The zero-order chi connectivity index (χ0) is 17.1. The average Bonchev–Trinajstić information content (AvgIpc) is 2.89. The van der Waals surface area contributed by atoms with Crippen LogP contribution in [0.4, 0.5) is 5.69 Å². The van der Waals surface area contributed by atoms with Crippen molar-refractivity contribution in [2.45, 2.75) is 25.3 Å². The van der Waals surface area contributed by atoms with Gasteiger partial charge in [0.2, 0.25) is 0 Å². The Bertz CT molecular complexity index is 936. The Morgan fingerprint density at radius 2 is 1.92 bits per heavy atom. The number of carbonyl (C=O) groups is 1. The maximum Gasteiger partial charge on any atom is 0.272 e. The van der Waals surface area contributed by atoms with Crippen molar-refractivity contribution in [3.63, 3.8) is 0 Å². The number of rotatable bonds is 4. The van der Waals surface area contributed by atoms with Crippen LogP contribution in [0.25, 0.3) is 10.9 Å². The lowest BCUT2D eigenvalue weighted by Crippen LogP contribution is -2.17. The zero-order valence-corrected chi connectivity index (χ0v) is 14.4. The first-order valence-corrected chi connectivity index (χ1v) is 8.52. The highest BCUT2D eigenvalue weighted by Gasteiger charge is 2.19. The van der Waals surface area contributed by atoms with Crippen molar-refractivity contribution in [1.82, 2.24) is 4.57 Å². The van der Waals surface area contributed by atoms with Crippen LogP contribution >= 0.6 is 11.8 Å². The Balaban J connectivity index is 1.94. The van der Waals surface area contributed by atoms with Gasteiger partial charge in [-0.15, -0.1) is 0 Å². The molecule has 4 nitrogen and oxygen atoms in total. The Hall–Kier alpha value is -2.71. The van der Waals surface area contributed by atoms with E-state index in [1.807, 2.05) is 72.3 Å². The molecule has 0 spiro atoms. The number of para-hydroxylation sites is 1. The minimum Gasteiger partial charge on any atom is -0.337 e. The van der Waals surface area contributed by atoms with Crippen molar-refractivity contribution in [3.05, 3.63) is 59.8 Å². The van der Waals surface area contributed by atoms with Crippen LogP contribution in [0.5, 0.6) is 0 Å². The molecule has 0 aliphatic carbocycles. The molecule has 0 atom stereocenters. The predicted molar refractivity (Wildman–Crippen MR) is 98.2 cm³/mol.